The fourth-order valence-electron chi connectivity index (χ4n) is 4.39. The molecular weight excluding hydrogens is 701 g/mol. The number of aromatic amines is 1. The molecule has 0 aliphatic rings. The number of thioether (sulfide) groups is 1. The van der Waals surface area contributed by atoms with Gasteiger partial charge in [-0.2, -0.15) is 4.98 Å². The van der Waals surface area contributed by atoms with Crippen LogP contribution in [0, 0.1) is 0 Å². The summed E-state index contributed by atoms with van der Waals surface area (Å²) in [7, 11) is -2.78. The number of pyridine rings is 2. The number of methoxy groups -OCH3 is 1. The van der Waals surface area contributed by atoms with Crippen LogP contribution in [0.3, 0.4) is 0 Å². The van der Waals surface area contributed by atoms with Crippen LogP contribution >= 0.6 is 11.8 Å². The van der Waals surface area contributed by atoms with Crippen molar-refractivity contribution in [2.75, 3.05) is 36.6 Å². The van der Waals surface area contributed by atoms with Crippen molar-refractivity contribution in [1.82, 2.24) is 40.6 Å². The Morgan fingerprint density at radius 3 is 2.45 bits per heavy atom. The highest BCUT2D eigenvalue weighted by atomic mass is 32.2. The number of aromatic nitrogens is 8. The van der Waals surface area contributed by atoms with Crippen molar-refractivity contribution >= 4 is 39.5 Å². The summed E-state index contributed by atoms with van der Waals surface area (Å²) in [5, 5.41) is 16.2. The van der Waals surface area contributed by atoms with Crippen LogP contribution in [0.15, 0.2) is 101 Å². The molecule has 0 atom stereocenters. The van der Waals surface area contributed by atoms with Gasteiger partial charge in [-0.05, 0) is 77.3 Å². The molecule has 0 fully saturated rings. The summed E-state index contributed by atoms with van der Waals surface area (Å²) in [4.78, 5) is 30.7. The van der Waals surface area contributed by atoms with E-state index < -0.39 is 16.1 Å². The summed E-state index contributed by atoms with van der Waals surface area (Å²) in [5.41, 5.74) is 0.766. The van der Waals surface area contributed by atoms with Crippen molar-refractivity contribution in [3.8, 4) is 46.0 Å². The molecule has 260 valence electrons. The number of nitrogens with zero attached hydrogens (tertiary/aromatic N) is 7. The van der Waals surface area contributed by atoms with Crippen molar-refractivity contribution in [3.63, 3.8) is 0 Å². The normalized spacial score (nSPS) is 11.0. The lowest BCUT2D eigenvalue weighted by atomic mass is 10.2. The zero-order chi connectivity index (χ0) is 35.6. The molecule has 0 aliphatic carbocycles. The zero-order valence-electron chi connectivity index (χ0n) is 26.9. The minimum absolute atomic E-state index is 0.0255. The van der Waals surface area contributed by atoms with Gasteiger partial charge in [-0.15, -0.1) is 16.9 Å². The summed E-state index contributed by atoms with van der Waals surface area (Å²) >= 11 is 1.47. The standard InChI is InChI=1S/C32H28N10O7S2/c1-46-24-7-3-4-8-25(24)49-27-30(40-51(44,45)22-12-10-21(50-2)11-13-22)36-28(20-14-16-33-23(19-20)29-38-41-42-39-29)37-31(27)47-17-18-48-32(43)35-26-9-5-6-15-34-26/h3-16,19H,17-18H2,1-2H3,(H,34,35,43)(H,36,37,40)(H,38,39,41,42). The molecule has 51 heavy (non-hydrogen) atoms. The molecule has 0 saturated heterocycles. The second-order valence-corrected chi connectivity index (χ2v) is 12.6. The van der Waals surface area contributed by atoms with E-state index in [1.807, 2.05) is 6.26 Å². The maximum absolute atomic E-state index is 13.8. The first-order valence-electron chi connectivity index (χ1n) is 14.9. The molecule has 17 nitrogen and oxygen atoms in total. The molecule has 6 aromatic rings. The molecule has 0 radical (unpaired) electrons. The third-order valence-electron chi connectivity index (χ3n) is 6.77. The monoisotopic (exact) mass is 728 g/mol. The molecule has 19 heteroatoms. The molecule has 0 saturated carbocycles. The van der Waals surface area contributed by atoms with Crippen LogP contribution in [-0.4, -0.2) is 81.7 Å². The van der Waals surface area contributed by atoms with Crippen molar-refractivity contribution in [1.29, 1.82) is 0 Å². The van der Waals surface area contributed by atoms with Crippen molar-refractivity contribution in [2.24, 2.45) is 0 Å². The SMILES string of the molecule is COc1ccccc1Oc1c(NS(=O)(=O)c2ccc(SC)cc2)nc(-c2ccnc(-c3nnn[nH]3)c2)nc1OCCOC(=O)Nc1ccccn1. The summed E-state index contributed by atoms with van der Waals surface area (Å²) in [6.07, 6.45) is 4.13. The first kappa shape index (κ1) is 34.5. The number of tetrazole rings is 1. The molecule has 3 N–H and O–H groups in total. The number of ether oxygens (including phenoxy) is 4. The first-order valence-corrected chi connectivity index (χ1v) is 17.6. The molecule has 2 aromatic carbocycles. The molecule has 0 spiro atoms. The van der Waals surface area contributed by atoms with Gasteiger partial charge in [0.2, 0.25) is 5.75 Å². The van der Waals surface area contributed by atoms with E-state index in [1.165, 1.54) is 43.4 Å². The average molecular weight is 729 g/mol. The van der Waals surface area contributed by atoms with E-state index in [0.717, 1.165) is 4.90 Å². The maximum atomic E-state index is 13.8. The molecule has 6 rings (SSSR count). The van der Waals surface area contributed by atoms with E-state index in [9.17, 15) is 13.2 Å². The van der Waals surface area contributed by atoms with Crippen molar-refractivity contribution in [2.45, 2.75) is 9.79 Å². The predicted octanol–water partition coefficient (Wildman–Crippen LogP) is 5.06. The molecular formula is C32H28N10O7S2. The topological polar surface area (TPSA) is 218 Å². The van der Waals surface area contributed by atoms with E-state index in [4.69, 9.17) is 18.9 Å². The second-order valence-electron chi connectivity index (χ2n) is 10.1. The molecule has 0 aliphatic heterocycles. The lowest BCUT2D eigenvalue weighted by Gasteiger charge is -2.18. The van der Waals surface area contributed by atoms with Gasteiger partial charge in [0.15, 0.2) is 29.0 Å². The third-order valence-corrected chi connectivity index (χ3v) is 8.87. The number of hydrogen-bond acceptors (Lipinski definition) is 15. The fraction of sp³-hybridized carbons (Fsp3) is 0.125. The van der Waals surface area contributed by atoms with E-state index in [1.54, 1.807) is 66.7 Å². The number of rotatable bonds is 14. The van der Waals surface area contributed by atoms with Gasteiger partial charge in [0.05, 0.1) is 12.0 Å². The minimum atomic E-state index is -4.24. The number of H-pyrrole nitrogens is 1. The predicted molar refractivity (Wildman–Crippen MR) is 185 cm³/mol. The molecule has 0 unspecified atom stereocenters. The number of sulfonamides is 1. The Bertz CT molecular complexity index is 2210. The lowest BCUT2D eigenvalue weighted by molar-refractivity contribution is 0.135. The zero-order valence-corrected chi connectivity index (χ0v) is 28.5. The third kappa shape index (κ3) is 8.64. The largest absolute Gasteiger partial charge is 0.493 e. The lowest BCUT2D eigenvalue weighted by Crippen LogP contribution is -2.19. The van der Waals surface area contributed by atoms with Crippen LogP contribution in [0.5, 0.6) is 23.1 Å². The Morgan fingerprint density at radius 2 is 1.73 bits per heavy atom. The Balaban J connectivity index is 1.39. The van der Waals surface area contributed by atoms with E-state index >= 15 is 0 Å². The molecule has 1 amide bonds. The number of nitrogens with one attached hydrogen (secondary N) is 3. The number of hydrogen-bond donors (Lipinski definition) is 3. The number of benzene rings is 2. The summed E-state index contributed by atoms with van der Waals surface area (Å²) in [5.74, 6) is 0.508. The summed E-state index contributed by atoms with van der Waals surface area (Å²) in [6.45, 7) is -0.450. The highest BCUT2D eigenvalue weighted by Crippen LogP contribution is 2.42. The van der Waals surface area contributed by atoms with E-state index in [0.29, 0.717) is 22.8 Å². The first-order chi connectivity index (χ1) is 24.8. The van der Waals surface area contributed by atoms with Crippen LogP contribution < -0.4 is 24.2 Å². The summed E-state index contributed by atoms with van der Waals surface area (Å²) < 4.78 is 53.1. The van der Waals surface area contributed by atoms with Crippen LogP contribution in [0.2, 0.25) is 0 Å². The van der Waals surface area contributed by atoms with Crippen molar-refractivity contribution < 1.29 is 32.2 Å². The number of amides is 1. The second kappa shape index (κ2) is 15.9. The summed E-state index contributed by atoms with van der Waals surface area (Å²) in [6, 6.07) is 21.3. The van der Waals surface area contributed by atoms with Gasteiger partial charge in [0, 0.05) is 22.9 Å². The van der Waals surface area contributed by atoms with Gasteiger partial charge in [0.1, 0.15) is 24.7 Å². The molecule has 4 aromatic heterocycles. The quantitative estimate of drug-likeness (QED) is 0.0986. The van der Waals surface area contributed by atoms with Crippen LogP contribution in [0.1, 0.15) is 0 Å². The number of para-hydroxylation sites is 2. The maximum Gasteiger partial charge on any atom is 0.412 e. The Morgan fingerprint density at radius 1 is 0.922 bits per heavy atom. The van der Waals surface area contributed by atoms with Gasteiger partial charge in [-0.25, -0.2) is 28.3 Å². The molecule has 0 bridgehead atoms. The highest BCUT2D eigenvalue weighted by Gasteiger charge is 2.26. The van der Waals surface area contributed by atoms with Gasteiger partial charge < -0.3 is 18.9 Å². The number of anilines is 2. The molecule has 4 heterocycles. The number of carbonyl (C=O) groups is 1. The van der Waals surface area contributed by atoms with Crippen LogP contribution in [0.4, 0.5) is 16.4 Å². The van der Waals surface area contributed by atoms with E-state index in [2.05, 4.69) is 50.6 Å². The van der Waals surface area contributed by atoms with Gasteiger partial charge in [-0.3, -0.25) is 15.0 Å². The Hall–Kier alpha value is -6.34. The number of carbonyl (C=O) groups excluding carboxylic acids is 1. The van der Waals surface area contributed by atoms with Gasteiger partial charge >= 0.3 is 6.09 Å². The average Bonchev–Trinajstić information content (AvgIpc) is 3.70. The fourth-order valence-corrected chi connectivity index (χ4v) is 5.80. The smallest absolute Gasteiger partial charge is 0.412 e. The Labute approximate surface area is 295 Å². The van der Waals surface area contributed by atoms with Crippen LogP contribution in [0.25, 0.3) is 22.9 Å². The van der Waals surface area contributed by atoms with Crippen molar-refractivity contribution in [3.05, 3.63) is 91.3 Å². The van der Waals surface area contributed by atoms with E-state index in [-0.39, 0.29) is 53.0 Å². The Kier molecular flexibility index (Phi) is 10.8. The highest BCUT2D eigenvalue weighted by molar-refractivity contribution is 7.98. The van der Waals surface area contributed by atoms with Crippen LogP contribution in [-0.2, 0) is 14.8 Å². The van der Waals surface area contributed by atoms with Gasteiger partial charge in [0.25, 0.3) is 15.9 Å². The van der Waals surface area contributed by atoms with Gasteiger partial charge in [-0.1, -0.05) is 18.2 Å². The minimum Gasteiger partial charge on any atom is -0.493 e.